The second-order valence-corrected chi connectivity index (χ2v) is 5.38. The number of hydrogen-bond donors (Lipinski definition) is 1. The van der Waals surface area contributed by atoms with Crippen LogP contribution in [0.1, 0.15) is 26.7 Å². The number of ether oxygens (including phenoxy) is 1. The van der Waals surface area contributed by atoms with Crippen molar-refractivity contribution in [1.82, 2.24) is 0 Å². The van der Waals surface area contributed by atoms with Crippen LogP contribution in [0.5, 0.6) is 0 Å². The van der Waals surface area contributed by atoms with Gasteiger partial charge in [-0.05, 0) is 0 Å². The summed E-state index contributed by atoms with van der Waals surface area (Å²) in [6, 6.07) is 0. The first-order valence-electron chi connectivity index (χ1n) is 6.32. The Kier molecular flexibility index (Phi) is 10.0. The number of likely N-dealkylation sites (N-methyl/N-ethyl adjacent to an activating group) is 1. The molecule has 0 saturated heterocycles. The van der Waals surface area contributed by atoms with Crippen molar-refractivity contribution in [2.45, 2.75) is 32.8 Å². The largest absolute Gasteiger partial charge is 0.550 e. The van der Waals surface area contributed by atoms with Gasteiger partial charge in [-0.2, -0.15) is 0 Å². The normalized spacial score (nSPS) is 11.7. The molecule has 21 heavy (non-hydrogen) atoms. The summed E-state index contributed by atoms with van der Waals surface area (Å²) in [6.45, 7) is 3.13. The summed E-state index contributed by atoms with van der Waals surface area (Å²) in [6.07, 6.45) is -0.607. The Balaban J connectivity index is 0. The minimum Gasteiger partial charge on any atom is -0.550 e. The number of hydrogen-bond acceptors (Lipinski definition) is 6. The highest BCUT2D eigenvalue weighted by Crippen LogP contribution is 2.05. The first-order valence-corrected chi connectivity index (χ1v) is 6.32. The van der Waals surface area contributed by atoms with Gasteiger partial charge in [0.15, 0.2) is 6.10 Å². The lowest BCUT2D eigenvalue weighted by Gasteiger charge is -2.29. The number of rotatable bonds is 7. The molecule has 1 atom stereocenters. The molecule has 0 aliphatic carbocycles. The molecule has 1 N–H and O–H groups in total. The number of carboxylic acid groups (broad SMARTS) is 2. The molecule has 0 spiro atoms. The highest BCUT2D eigenvalue weighted by Gasteiger charge is 2.21. The third kappa shape index (κ3) is 16.0. The van der Waals surface area contributed by atoms with E-state index in [0.717, 1.165) is 6.92 Å². The lowest BCUT2D eigenvalue weighted by molar-refractivity contribution is -0.873. The van der Waals surface area contributed by atoms with E-state index in [1.54, 1.807) is 6.92 Å². The number of nitrogens with zero attached hydrogens (tertiary/aromatic N) is 1. The van der Waals surface area contributed by atoms with Gasteiger partial charge in [-0.1, -0.05) is 6.92 Å². The Morgan fingerprint density at radius 1 is 1.19 bits per heavy atom. The fourth-order valence-electron chi connectivity index (χ4n) is 1.21. The zero-order valence-corrected chi connectivity index (χ0v) is 13.0. The van der Waals surface area contributed by atoms with Crippen molar-refractivity contribution in [1.29, 1.82) is 0 Å². The van der Waals surface area contributed by atoms with Crippen molar-refractivity contribution in [3.8, 4) is 0 Å². The maximum absolute atomic E-state index is 11.0. The molecule has 0 aliphatic rings. The summed E-state index contributed by atoms with van der Waals surface area (Å²) in [5.74, 6) is -3.78. The molecule has 0 saturated carbocycles. The van der Waals surface area contributed by atoms with Crippen LogP contribution in [0.3, 0.4) is 0 Å². The van der Waals surface area contributed by atoms with E-state index in [1.165, 1.54) is 0 Å². The van der Waals surface area contributed by atoms with E-state index >= 15 is 0 Å². The molecule has 0 aromatic heterocycles. The molecule has 0 bridgehead atoms. The maximum Gasteiger partial charge on any atom is 0.371 e. The molecule has 0 rings (SSSR count). The molecule has 0 aliphatic heterocycles. The highest BCUT2D eigenvalue weighted by molar-refractivity contribution is 6.31. The van der Waals surface area contributed by atoms with Crippen molar-refractivity contribution in [3.63, 3.8) is 0 Å². The van der Waals surface area contributed by atoms with Crippen molar-refractivity contribution in [3.05, 3.63) is 0 Å². The Morgan fingerprint density at radius 3 is 1.86 bits per heavy atom. The maximum atomic E-state index is 11.0. The number of quaternary nitrogens is 1. The first kappa shape index (κ1) is 21.3. The highest BCUT2D eigenvalue weighted by atomic mass is 16.5. The number of aliphatic carboxylic acids is 2. The summed E-state index contributed by atoms with van der Waals surface area (Å²) >= 11 is 0. The van der Waals surface area contributed by atoms with E-state index in [1.807, 2.05) is 21.1 Å². The van der Waals surface area contributed by atoms with Crippen LogP contribution in [-0.4, -0.2) is 67.1 Å². The van der Waals surface area contributed by atoms with E-state index in [-0.39, 0.29) is 18.8 Å². The molecular formula is C13H23NO7. The van der Waals surface area contributed by atoms with Gasteiger partial charge in [-0.3, -0.25) is 9.59 Å². The summed E-state index contributed by atoms with van der Waals surface area (Å²) in [5.41, 5.74) is 0. The minimum atomic E-state index is -1.38. The van der Waals surface area contributed by atoms with E-state index in [4.69, 9.17) is 9.84 Å². The molecule has 8 heteroatoms. The van der Waals surface area contributed by atoms with Gasteiger partial charge in [0, 0.05) is 25.7 Å². The summed E-state index contributed by atoms with van der Waals surface area (Å²) < 4.78 is 5.55. The molecule has 0 aromatic carbocycles. The molecule has 0 aromatic rings. The number of carboxylic acids is 2. The van der Waals surface area contributed by atoms with E-state index in [2.05, 4.69) is 0 Å². The third-order valence-corrected chi connectivity index (χ3v) is 2.03. The number of carbonyl (C=O) groups is 4. The Bertz CT molecular complexity index is 372. The lowest BCUT2D eigenvalue weighted by Crippen LogP contribution is -2.45. The van der Waals surface area contributed by atoms with Crippen LogP contribution in [0.15, 0.2) is 0 Å². The number of esters is 1. The van der Waals surface area contributed by atoms with Crippen LogP contribution in [-0.2, 0) is 23.9 Å². The smallest absolute Gasteiger partial charge is 0.371 e. The zero-order chi connectivity index (χ0) is 17.2. The average molecular weight is 305 g/mol. The van der Waals surface area contributed by atoms with E-state index in [0.29, 0.717) is 11.0 Å². The second-order valence-electron chi connectivity index (χ2n) is 5.38. The van der Waals surface area contributed by atoms with Crippen LogP contribution in [0.2, 0.25) is 0 Å². The van der Waals surface area contributed by atoms with Crippen LogP contribution < -0.4 is 5.11 Å². The van der Waals surface area contributed by atoms with E-state index < -0.39 is 23.8 Å². The molecule has 122 valence electrons. The second kappa shape index (κ2) is 9.87. The van der Waals surface area contributed by atoms with Crippen LogP contribution in [0.4, 0.5) is 0 Å². The predicted molar refractivity (Wildman–Crippen MR) is 71.0 cm³/mol. The minimum absolute atomic E-state index is 0.249. The fourth-order valence-corrected chi connectivity index (χ4v) is 1.21. The molecule has 1 unspecified atom stereocenters. The standard InChI is InChI=1S/C10H19NO4.C3H4O3/c1-5-10(14)15-8(6-9(12)13)7-11(2,3)4;1-2(4)3(5)6/h8H,5-7H2,1-4H3;1H3,(H,5,6). The third-order valence-electron chi connectivity index (χ3n) is 2.03. The van der Waals surface area contributed by atoms with Crippen LogP contribution in [0, 0.1) is 0 Å². The van der Waals surface area contributed by atoms with Gasteiger partial charge < -0.3 is 24.2 Å². The van der Waals surface area contributed by atoms with Crippen molar-refractivity contribution < 1.29 is 38.6 Å². The lowest BCUT2D eigenvalue weighted by atomic mass is 10.2. The first-order chi connectivity index (χ1) is 9.38. The van der Waals surface area contributed by atoms with Gasteiger partial charge in [0.1, 0.15) is 6.54 Å². The summed E-state index contributed by atoms with van der Waals surface area (Å²) in [4.78, 5) is 40.4. The number of ketones is 1. The Morgan fingerprint density at radius 2 is 1.62 bits per heavy atom. The van der Waals surface area contributed by atoms with Crippen LogP contribution in [0.25, 0.3) is 0 Å². The van der Waals surface area contributed by atoms with Gasteiger partial charge in [0.2, 0.25) is 5.78 Å². The topological polar surface area (TPSA) is 121 Å². The van der Waals surface area contributed by atoms with Crippen molar-refractivity contribution in [2.75, 3.05) is 27.7 Å². The average Bonchev–Trinajstić information content (AvgIpc) is 2.26. The zero-order valence-electron chi connectivity index (χ0n) is 13.0. The van der Waals surface area contributed by atoms with E-state index in [9.17, 15) is 24.3 Å². The SMILES string of the molecule is CC(=O)C(=O)O.CCC(=O)OC(CC(=O)[O-])C[N+](C)(C)C. The van der Waals surface area contributed by atoms with Gasteiger partial charge in [0.05, 0.1) is 21.1 Å². The van der Waals surface area contributed by atoms with Gasteiger partial charge in [-0.15, -0.1) is 0 Å². The molecular weight excluding hydrogens is 282 g/mol. The van der Waals surface area contributed by atoms with Crippen molar-refractivity contribution in [2.24, 2.45) is 0 Å². The molecule has 0 heterocycles. The summed E-state index contributed by atoms with van der Waals surface area (Å²) in [7, 11) is 5.71. The van der Waals surface area contributed by atoms with Crippen LogP contribution >= 0.6 is 0 Å². The monoisotopic (exact) mass is 305 g/mol. The van der Waals surface area contributed by atoms with Gasteiger partial charge in [-0.25, -0.2) is 4.79 Å². The van der Waals surface area contributed by atoms with Crippen molar-refractivity contribution >= 4 is 23.7 Å². The summed E-state index contributed by atoms with van der Waals surface area (Å²) in [5, 5.41) is 18.1. The Hall–Kier alpha value is -1.96. The molecule has 0 amide bonds. The molecule has 8 nitrogen and oxygen atoms in total. The van der Waals surface area contributed by atoms with Gasteiger partial charge in [0.25, 0.3) is 0 Å². The number of carbonyl (C=O) groups excluding carboxylic acids is 3. The molecule has 0 radical (unpaired) electrons. The predicted octanol–water partition coefficient (Wildman–Crippen LogP) is -1.19. The molecule has 0 fully saturated rings. The number of Topliss-reactive ketones (excluding diaryl/α,β-unsaturated/α-hetero) is 1. The van der Waals surface area contributed by atoms with Gasteiger partial charge >= 0.3 is 11.9 Å². The quantitative estimate of drug-likeness (QED) is 0.357. The fraction of sp³-hybridized carbons (Fsp3) is 0.692. The Labute approximate surface area is 123 Å².